The number of benzene rings is 3. The average molecular weight is 538 g/mol. The van der Waals surface area contributed by atoms with Crippen molar-refractivity contribution in [3.63, 3.8) is 0 Å². The second-order valence-electron chi connectivity index (χ2n) is 8.64. The molecular formula is C26H21F2N5O4S. The van der Waals surface area contributed by atoms with E-state index in [0.717, 1.165) is 12.3 Å². The lowest BCUT2D eigenvalue weighted by atomic mass is 10.1. The zero-order valence-electron chi connectivity index (χ0n) is 20.1. The first-order valence-electron chi connectivity index (χ1n) is 11.2. The van der Waals surface area contributed by atoms with Crippen molar-refractivity contribution in [1.82, 2.24) is 14.8 Å². The van der Waals surface area contributed by atoms with E-state index in [2.05, 4.69) is 14.8 Å². The van der Waals surface area contributed by atoms with E-state index in [9.17, 15) is 22.0 Å². The first-order chi connectivity index (χ1) is 18.0. The van der Waals surface area contributed by atoms with Gasteiger partial charge in [0, 0.05) is 17.0 Å². The van der Waals surface area contributed by atoms with E-state index >= 15 is 0 Å². The van der Waals surface area contributed by atoms with Gasteiger partial charge in [0.25, 0.3) is 0 Å². The topological polar surface area (TPSA) is 132 Å². The van der Waals surface area contributed by atoms with Crippen LogP contribution in [0.4, 0.5) is 20.3 Å². The smallest absolute Gasteiger partial charge is 0.229 e. The number of nitrogens with one attached hydrogen (secondary N) is 2. The summed E-state index contributed by atoms with van der Waals surface area (Å²) in [5.74, 6) is -1.20. The Bertz CT molecular complexity index is 1830. The zero-order chi connectivity index (χ0) is 27.2. The van der Waals surface area contributed by atoms with Crippen LogP contribution < -0.4 is 15.2 Å². The van der Waals surface area contributed by atoms with Crippen molar-refractivity contribution >= 4 is 38.2 Å². The third-order valence-corrected chi connectivity index (χ3v) is 6.35. The van der Waals surface area contributed by atoms with E-state index < -0.39 is 27.4 Å². The highest BCUT2D eigenvalue weighted by Crippen LogP contribution is 2.30. The van der Waals surface area contributed by atoms with Crippen LogP contribution >= 0.6 is 0 Å². The standard InChI is InChI=1S/C26H21F2N5O4S/c1-14-9-16(37-24-6-4-3-5-18(24)27)7-8-23(14)33-26(29)17(13-30-33)25(34)22-11-15-10-21(32-38(2,35)36)19(28)12-20(15)31-22/h3-13,31-32H,29H2,1-2H3. The number of halogens is 2. The quantitative estimate of drug-likeness (QED) is 0.253. The number of hydrogen-bond acceptors (Lipinski definition) is 6. The molecule has 0 unspecified atom stereocenters. The number of anilines is 2. The molecule has 5 aromatic rings. The van der Waals surface area contributed by atoms with E-state index in [0.29, 0.717) is 27.9 Å². The van der Waals surface area contributed by atoms with Crippen LogP contribution in [0.3, 0.4) is 0 Å². The summed E-state index contributed by atoms with van der Waals surface area (Å²) in [6.45, 7) is 1.79. The van der Waals surface area contributed by atoms with Gasteiger partial charge in [-0.05, 0) is 55.0 Å². The number of rotatable bonds is 7. The normalized spacial score (nSPS) is 11.6. The van der Waals surface area contributed by atoms with Gasteiger partial charge in [-0.15, -0.1) is 0 Å². The number of nitrogen functional groups attached to an aromatic ring is 1. The van der Waals surface area contributed by atoms with Crippen molar-refractivity contribution in [3.05, 3.63) is 95.3 Å². The van der Waals surface area contributed by atoms with Crippen molar-refractivity contribution in [2.45, 2.75) is 6.92 Å². The van der Waals surface area contributed by atoms with E-state index in [1.54, 1.807) is 37.3 Å². The number of H-pyrrole nitrogens is 1. The number of fused-ring (bicyclic) bond motifs is 1. The molecule has 0 bridgehead atoms. The van der Waals surface area contributed by atoms with Crippen LogP contribution in [-0.4, -0.2) is 35.2 Å². The minimum absolute atomic E-state index is 0.0742. The number of nitrogens with two attached hydrogens (primary N) is 1. The maximum Gasteiger partial charge on any atom is 0.229 e. The first kappa shape index (κ1) is 25.0. The fourth-order valence-corrected chi connectivity index (χ4v) is 4.56. The summed E-state index contributed by atoms with van der Waals surface area (Å²) in [6.07, 6.45) is 2.23. The van der Waals surface area contributed by atoms with Crippen molar-refractivity contribution in [1.29, 1.82) is 0 Å². The molecular weight excluding hydrogens is 516 g/mol. The molecule has 2 heterocycles. The van der Waals surface area contributed by atoms with Gasteiger partial charge in [0.2, 0.25) is 15.8 Å². The van der Waals surface area contributed by atoms with E-state index in [1.165, 1.54) is 35.1 Å². The Hall–Kier alpha value is -4.71. The highest BCUT2D eigenvalue weighted by molar-refractivity contribution is 7.92. The molecule has 0 amide bonds. The van der Waals surface area contributed by atoms with Crippen molar-refractivity contribution in [2.75, 3.05) is 16.7 Å². The number of para-hydroxylation sites is 1. The summed E-state index contributed by atoms with van der Waals surface area (Å²) in [6, 6.07) is 14.9. The van der Waals surface area contributed by atoms with Crippen LogP contribution in [0.5, 0.6) is 11.5 Å². The molecule has 0 spiro atoms. The third-order valence-electron chi connectivity index (χ3n) is 5.76. The van der Waals surface area contributed by atoms with Crippen LogP contribution in [0.15, 0.2) is 66.9 Å². The number of sulfonamides is 1. The molecule has 0 fully saturated rings. The number of aromatic nitrogens is 3. The Morgan fingerprint density at radius 1 is 1.08 bits per heavy atom. The second kappa shape index (κ2) is 9.30. The van der Waals surface area contributed by atoms with Crippen molar-refractivity contribution < 1.29 is 26.7 Å². The molecule has 4 N–H and O–H groups in total. The predicted octanol–water partition coefficient (Wildman–Crippen LogP) is 4.92. The molecule has 12 heteroatoms. The number of carbonyl (C=O) groups is 1. The maximum absolute atomic E-state index is 14.4. The number of carbonyl (C=O) groups excluding carboxylic acids is 1. The zero-order valence-corrected chi connectivity index (χ0v) is 20.9. The van der Waals surface area contributed by atoms with Gasteiger partial charge in [0.05, 0.1) is 35.1 Å². The molecule has 38 heavy (non-hydrogen) atoms. The number of aromatic amines is 1. The maximum atomic E-state index is 14.4. The van der Waals surface area contributed by atoms with Gasteiger partial charge in [-0.3, -0.25) is 9.52 Å². The Balaban J connectivity index is 1.43. The SMILES string of the molecule is Cc1cc(Oc2ccccc2F)ccc1-n1ncc(C(=O)c2cc3cc(NS(C)(=O)=O)c(F)cc3[nH]2)c1N. The summed E-state index contributed by atoms with van der Waals surface area (Å²) in [4.78, 5) is 16.1. The fourth-order valence-electron chi connectivity index (χ4n) is 4.01. The average Bonchev–Trinajstić information content (AvgIpc) is 3.43. The van der Waals surface area contributed by atoms with Gasteiger partial charge in [-0.1, -0.05) is 12.1 Å². The fraction of sp³-hybridized carbons (Fsp3) is 0.0769. The molecule has 0 aliphatic heterocycles. The number of aryl methyl sites for hydroxylation is 1. The molecule has 3 aromatic carbocycles. The van der Waals surface area contributed by atoms with Crippen LogP contribution in [0.25, 0.3) is 16.6 Å². The molecule has 0 aliphatic rings. The minimum atomic E-state index is -3.69. The molecule has 0 saturated carbocycles. The van der Waals surface area contributed by atoms with Crippen LogP contribution in [0.1, 0.15) is 21.6 Å². The summed E-state index contributed by atoms with van der Waals surface area (Å²) in [5.41, 5.74) is 7.87. The van der Waals surface area contributed by atoms with Crippen molar-refractivity contribution in [3.8, 4) is 17.2 Å². The number of ketones is 1. The molecule has 0 radical (unpaired) electrons. The lowest BCUT2D eigenvalue weighted by Gasteiger charge is -2.12. The molecule has 0 saturated heterocycles. The largest absolute Gasteiger partial charge is 0.454 e. The lowest BCUT2D eigenvalue weighted by molar-refractivity contribution is 0.103. The summed E-state index contributed by atoms with van der Waals surface area (Å²) in [5, 5.41) is 4.69. The van der Waals surface area contributed by atoms with Crippen LogP contribution in [-0.2, 0) is 10.0 Å². The predicted molar refractivity (Wildman–Crippen MR) is 139 cm³/mol. The molecule has 0 atom stereocenters. The van der Waals surface area contributed by atoms with E-state index in [1.807, 2.05) is 0 Å². The van der Waals surface area contributed by atoms with Gasteiger partial charge in [-0.25, -0.2) is 21.9 Å². The van der Waals surface area contributed by atoms with Gasteiger partial charge < -0.3 is 15.5 Å². The molecule has 194 valence electrons. The highest BCUT2D eigenvalue weighted by atomic mass is 32.2. The monoisotopic (exact) mass is 537 g/mol. The summed E-state index contributed by atoms with van der Waals surface area (Å²) < 4.78 is 60.4. The Morgan fingerprint density at radius 2 is 1.84 bits per heavy atom. The first-order valence-corrected chi connectivity index (χ1v) is 13.1. The molecule has 2 aromatic heterocycles. The third kappa shape index (κ3) is 4.81. The highest BCUT2D eigenvalue weighted by Gasteiger charge is 2.21. The summed E-state index contributed by atoms with van der Waals surface area (Å²) >= 11 is 0. The van der Waals surface area contributed by atoms with E-state index in [-0.39, 0.29) is 28.5 Å². The molecule has 9 nitrogen and oxygen atoms in total. The Morgan fingerprint density at radius 3 is 2.55 bits per heavy atom. The number of hydrogen-bond donors (Lipinski definition) is 3. The van der Waals surface area contributed by atoms with Gasteiger partial charge in [-0.2, -0.15) is 5.10 Å². The van der Waals surface area contributed by atoms with Gasteiger partial charge >= 0.3 is 0 Å². The summed E-state index contributed by atoms with van der Waals surface area (Å²) in [7, 11) is -3.69. The van der Waals surface area contributed by atoms with Gasteiger partial charge in [0.1, 0.15) is 17.4 Å². The molecule has 0 aliphatic carbocycles. The minimum Gasteiger partial charge on any atom is -0.454 e. The lowest BCUT2D eigenvalue weighted by Crippen LogP contribution is -2.10. The van der Waals surface area contributed by atoms with E-state index in [4.69, 9.17) is 10.5 Å². The Kier molecular flexibility index (Phi) is 6.11. The van der Waals surface area contributed by atoms with Gasteiger partial charge in [0.15, 0.2) is 11.6 Å². The second-order valence-corrected chi connectivity index (χ2v) is 10.4. The van der Waals surface area contributed by atoms with Crippen LogP contribution in [0.2, 0.25) is 0 Å². The number of nitrogens with zero attached hydrogens (tertiary/aromatic N) is 2. The number of ether oxygens (including phenoxy) is 1. The molecule has 5 rings (SSSR count). The van der Waals surface area contributed by atoms with Crippen molar-refractivity contribution in [2.24, 2.45) is 0 Å². The van der Waals surface area contributed by atoms with Crippen LogP contribution in [0, 0.1) is 18.6 Å². The Labute approximate surface area is 215 Å².